The Bertz CT molecular complexity index is 1060. The van der Waals surface area contributed by atoms with Gasteiger partial charge in [-0.15, -0.1) is 0 Å². The monoisotopic (exact) mass is 430 g/mol. The molecule has 0 bridgehead atoms. The number of carbonyl (C=O) groups is 2. The van der Waals surface area contributed by atoms with Gasteiger partial charge in [0.05, 0.1) is 23.3 Å². The third-order valence-corrected chi connectivity index (χ3v) is 7.13. The maximum atomic E-state index is 13.0. The predicted octanol–water partition coefficient (Wildman–Crippen LogP) is 2.40. The van der Waals surface area contributed by atoms with Crippen molar-refractivity contribution in [3.63, 3.8) is 0 Å². The molecule has 1 aliphatic rings. The molecule has 0 aliphatic carbocycles. The molecule has 1 saturated heterocycles. The minimum Gasteiger partial charge on any atom is -0.496 e. The second-order valence-electron chi connectivity index (χ2n) is 7.17. The minimum atomic E-state index is -3.51. The Kier molecular flexibility index (Phi) is 6.45. The molecule has 2 aromatic rings. The van der Waals surface area contributed by atoms with Crippen LogP contribution in [0.15, 0.2) is 47.4 Å². The number of piperazine rings is 1. The molecule has 2 aromatic carbocycles. The molecule has 3 rings (SSSR count). The number of hydrogen-bond acceptors (Lipinski definition) is 5. The fourth-order valence-electron chi connectivity index (χ4n) is 3.49. The third-order valence-electron chi connectivity index (χ3n) is 5.34. The highest BCUT2D eigenvalue weighted by Crippen LogP contribution is 2.22. The van der Waals surface area contributed by atoms with Crippen molar-refractivity contribution < 1.29 is 22.7 Å². The van der Waals surface area contributed by atoms with Gasteiger partial charge in [0.2, 0.25) is 0 Å². The Balaban J connectivity index is 1.72. The molecule has 7 nitrogen and oxygen atoms in total. The molecule has 0 unspecified atom stereocenters. The number of benzene rings is 2. The molecular formula is C22H26N2O5S. The summed E-state index contributed by atoms with van der Waals surface area (Å²) in [6.45, 7) is 4.91. The molecule has 1 aliphatic heterocycles. The van der Waals surface area contributed by atoms with Gasteiger partial charge in [0.25, 0.3) is 11.8 Å². The van der Waals surface area contributed by atoms with Crippen molar-refractivity contribution in [2.24, 2.45) is 0 Å². The zero-order chi connectivity index (χ0) is 21.9. The van der Waals surface area contributed by atoms with Crippen LogP contribution in [-0.4, -0.2) is 69.1 Å². The second-order valence-corrected chi connectivity index (χ2v) is 9.42. The Morgan fingerprint density at radius 2 is 1.57 bits per heavy atom. The normalized spacial score (nSPS) is 14.5. The number of aryl methyl sites for hydroxylation is 1. The minimum absolute atomic E-state index is 0.0581. The average molecular weight is 431 g/mol. The van der Waals surface area contributed by atoms with E-state index >= 15 is 0 Å². The van der Waals surface area contributed by atoms with Crippen LogP contribution in [0.4, 0.5) is 0 Å². The van der Waals surface area contributed by atoms with E-state index in [9.17, 15) is 18.0 Å². The van der Waals surface area contributed by atoms with Gasteiger partial charge in [-0.05, 0) is 36.8 Å². The van der Waals surface area contributed by atoms with Crippen molar-refractivity contribution >= 4 is 21.7 Å². The molecule has 8 heteroatoms. The van der Waals surface area contributed by atoms with Crippen molar-refractivity contribution in [2.45, 2.75) is 18.7 Å². The maximum Gasteiger partial charge on any atom is 0.255 e. The van der Waals surface area contributed by atoms with Gasteiger partial charge in [0, 0.05) is 31.7 Å². The second kappa shape index (κ2) is 8.87. The SMILES string of the molecule is CCS(=O)(=O)c1ccccc1C(=O)N1CCN(C(=O)c2ccc(C)c(OC)c2)CC1. The molecular weight excluding hydrogens is 404 g/mol. The van der Waals surface area contributed by atoms with Gasteiger partial charge >= 0.3 is 0 Å². The topological polar surface area (TPSA) is 84.0 Å². The van der Waals surface area contributed by atoms with E-state index in [0.29, 0.717) is 37.5 Å². The molecule has 1 fully saturated rings. The molecule has 160 valence electrons. The van der Waals surface area contributed by atoms with E-state index in [1.807, 2.05) is 13.0 Å². The summed E-state index contributed by atoms with van der Waals surface area (Å²) in [6, 6.07) is 11.6. The number of sulfone groups is 1. The van der Waals surface area contributed by atoms with Crippen LogP contribution in [0.2, 0.25) is 0 Å². The van der Waals surface area contributed by atoms with E-state index in [0.717, 1.165) is 5.56 Å². The molecule has 0 radical (unpaired) electrons. The van der Waals surface area contributed by atoms with Crippen molar-refractivity contribution in [1.29, 1.82) is 0 Å². The van der Waals surface area contributed by atoms with Crippen LogP contribution in [-0.2, 0) is 9.84 Å². The lowest BCUT2D eigenvalue weighted by atomic mass is 10.1. The van der Waals surface area contributed by atoms with E-state index in [1.165, 1.54) is 6.07 Å². The summed E-state index contributed by atoms with van der Waals surface area (Å²) in [4.78, 5) is 29.2. The molecule has 2 amide bonds. The fourth-order valence-corrected chi connectivity index (χ4v) is 4.58. The Hall–Kier alpha value is -2.87. The summed E-state index contributed by atoms with van der Waals surface area (Å²) in [5.74, 6) is 0.143. The first-order chi connectivity index (χ1) is 14.3. The van der Waals surface area contributed by atoms with Gasteiger partial charge < -0.3 is 14.5 Å². The standard InChI is InChI=1S/C22H26N2O5S/c1-4-30(27,28)20-8-6-5-7-18(20)22(26)24-13-11-23(12-14-24)21(25)17-10-9-16(2)19(15-17)29-3/h5-10,15H,4,11-14H2,1-3H3. The Morgan fingerprint density at radius 1 is 0.967 bits per heavy atom. The van der Waals surface area contributed by atoms with Gasteiger partial charge in [-0.1, -0.05) is 25.1 Å². The van der Waals surface area contributed by atoms with Gasteiger partial charge in [-0.25, -0.2) is 8.42 Å². The van der Waals surface area contributed by atoms with E-state index in [1.54, 1.807) is 54.2 Å². The number of carbonyl (C=O) groups excluding carboxylic acids is 2. The lowest BCUT2D eigenvalue weighted by Crippen LogP contribution is -2.50. The first-order valence-electron chi connectivity index (χ1n) is 9.83. The lowest BCUT2D eigenvalue weighted by molar-refractivity contribution is 0.0533. The zero-order valence-electron chi connectivity index (χ0n) is 17.4. The number of hydrogen-bond donors (Lipinski definition) is 0. The molecule has 0 saturated carbocycles. The summed E-state index contributed by atoms with van der Waals surface area (Å²) in [5, 5.41) is 0. The van der Waals surface area contributed by atoms with Crippen LogP contribution in [0.5, 0.6) is 5.75 Å². The Labute approximate surface area is 177 Å². The van der Waals surface area contributed by atoms with E-state index in [-0.39, 0.29) is 28.0 Å². The van der Waals surface area contributed by atoms with Gasteiger partial charge in [0.1, 0.15) is 5.75 Å². The molecule has 0 N–H and O–H groups in total. The molecule has 1 heterocycles. The van der Waals surface area contributed by atoms with Crippen molar-refractivity contribution in [3.8, 4) is 5.75 Å². The summed E-state index contributed by atoms with van der Waals surface area (Å²) >= 11 is 0. The summed E-state index contributed by atoms with van der Waals surface area (Å²) < 4.78 is 30.0. The van der Waals surface area contributed by atoms with E-state index in [2.05, 4.69) is 0 Å². The lowest BCUT2D eigenvalue weighted by Gasteiger charge is -2.35. The number of ether oxygens (including phenoxy) is 1. The first-order valence-corrected chi connectivity index (χ1v) is 11.5. The van der Waals surface area contributed by atoms with Crippen molar-refractivity contribution in [1.82, 2.24) is 9.80 Å². The van der Waals surface area contributed by atoms with Crippen LogP contribution in [0.25, 0.3) is 0 Å². The molecule has 30 heavy (non-hydrogen) atoms. The molecule has 0 spiro atoms. The largest absolute Gasteiger partial charge is 0.496 e. The highest BCUT2D eigenvalue weighted by atomic mass is 32.2. The summed E-state index contributed by atoms with van der Waals surface area (Å²) in [6.07, 6.45) is 0. The van der Waals surface area contributed by atoms with Crippen LogP contribution in [0, 0.1) is 6.92 Å². The van der Waals surface area contributed by atoms with Crippen LogP contribution in [0.3, 0.4) is 0 Å². The average Bonchev–Trinajstić information content (AvgIpc) is 2.78. The van der Waals surface area contributed by atoms with Gasteiger partial charge in [0.15, 0.2) is 9.84 Å². The fraction of sp³-hybridized carbons (Fsp3) is 0.364. The summed E-state index contributed by atoms with van der Waals surface area (Å²) in [5.41, 5.74) is 1.67. The number of methoxy groups -OCH3 is 1. The summed E-state index contributed by atoms with van der Waals surface area (Å²) in [7, 11) is -1.94. The van der Waals surface area contributed by atoms with Crippen molar-refractivity contribution in [2.75, 3.05) is 39.0 Å². The molecule has 0 aromatic heterocycles. The van der Waals surface area contributed by atoms with Crippen molar-refractivity contribution in [3.05, 3.63) is 59.2 Å². The first kappa shape index (κ1) is 21.8. The highest BCUT2D eigenvalue weighted by Gasteiger charge is 2.29. The van der Waals surface area contributed by atoms with Crippen LogP contribution in [0.1, 0.15) is 33.2 Å². The zero-order valence-corrected chi connectivity index (χ0v) is 18.2. The van der Waals surface area contributed by atoms with Crippen LogP contribution < -0.4 is 4.74 Å². The van der Waals surface area contributed by atoms with E-state index in [4.69, 9.17) is 4.74 Å². The molecule has 0 atom stereocenters. The van der Waals surface area contributed by atoms with Gasteiger partial charge in [-0.2, -0.15) is 0 Å². The van der Waals surface area contributed by atoms with E-state index < -0.39 is 9.84 Å². The Morgan fingerprint density at radius 3 is 2.17 bits per heavy atom. The highest BCUT2D eigenvalue weighted by molar-refractivity contribution is 7.91. The number of nitrogens with zero attached hydrogens (tertiary/aromatic N) is 2. The smallest absolute Gasteiger partial charge is 0.255 e. The quantitative estimate of drug-likeness (QED) is 0.727. The van der Waals surface area contributed by atoms with Crippen LogP contribution >= 0.6 is 0 Å². The number of amides is 2. The maximum absolute atomic E-state index is 13.0. The number of rotatable bonds is 5. The third kappa shape index (κ3) is 4.33. The van der Waals surface area contributed by atoms with Gasteiger partial charge in [-0.3, -0.25) is 9.59 Å². The predicted molar refractivity (Wildman–Crippen MR) is 114 cm³/mol.